The summed E-state index contributed by atoms with van der Waals surface area (Å²) < 4.78 is 0. The third-order valence-corrected chi connectivity index (χ3v) is 2.99. The van der Waals surface area contributed by atoms with Crippen molar-refractivity contribution < 1.29 is 4.79 Å². The van der Waals surface area contributed by atoms with E-state index in [2.05, 4.69) is 10.3 Å². The van der Waals surface area contributed by atoms with Crippen molar-refractivity contribution >= 4 is 23.5 Å². The summed E-state index contributed by atoms with van der Waals surface area (Å²) in [5, 5.41) is 11.8. The normalized spacial score (nSPS) is 10.7. The predicted molar refractivity (Wildman–Crippen MR) is 87.2 cm³/mol. The molecule has 1 aromatic heterocycles. The SMILES string of the molecule is CN(C)c1ccc(/C=C(\C#N)C(=O)Nc2ccccn2)cc1. The van der Waals surface area contributed by atoms with Crippen LogP contribution in [-0.2, 0) is 4.79 Å². The zero-order valence-corrected chi connectivity index (χ0v) is 12.4. The van der Waals surface area contributed by atoms with Crippen molar-refractivity contribution in [2.75, 3.05) is 24.3 Å². The summed E-state index contributed by atoms with van der Waals surface area (Å²) in [6, 6.07) is 14.7. The third kappa shape index (κ3) is 3.93. The fourth-order valence-electron chi connectivity index (χ4n) is 1.80. The van der Waals surface area contributed by atoms with Crippen LogP contribution in [0.5, 0.6) is 0 Å². The van der Waals surface area contributed by atoms with Crippen molar-refractivity contribution in [1.82, 2.24) is 4.98 Å². The van der Waals surface area contributed by atoms with E-state index in [0.29, 0.717) is 5.82 Å². The van der Waals surface area contributed by atoms with Crippen LogP contribution in [0.4, 0.5) is 11.5 Å². The highest BCUT2D eigenvalue weighted by Crippen LogP contribution is 2.15. The minimum atomic E-state index is -0.474. The molecule has 110 valence electrons. The van der Waals surface area contributed by atoms with Crippen LogP contribution >= 0.6 is 0 Å². The van der Waals surface area contributed by atoms with Gasteiger partial charge in [0.05, 0.1) is 0 Å². The van der Waals surface area contributed by atoms with Gasteiger partial charge in [-0.25, -0.2) is 4.98 Å². The quantitative estimate of drug-likeness (QED) is 0.695. The highest BCUT2D eigenvalue weighted by atomic mass is 16.1. The van der Waals surface area contributed by atoms with Gasteiger partial charge < -0.3 is 10.2 Å². The average Bonchev–Trinajstić information content (AvgIpc) is 2.53. The van der Waals surface area contributed by atoms with E-state index in [4.69, 9.17) is 0 Å². The number of nitriles is 1. The highest BCUT2D eigenvalue weighted by Gasteiger charge is 2.09. The third-order valence-electron chi connectivity index (χ3n) is 2.99. The number of nitrogens with one attached hydrogen (secondary N) is 1. The van der Waals surface area contributed by atoms with E-state index in [-0.39, 0.29) is 5.57 Å². The van der Waals surface area contributed by atoms with E-state index < -0.39 is 5.91 Å². The second-order valence-corrected chi connectivity index (χ2v) is 4.82. The zero-order valence-electron chi connectivity index (χ0n) is 12.4. The maximum absolute atomic E-state index is 12.1. The molecule has 1 amide bonds. The van der Waals surface area contributed by atoms with E-state index in [1.807, 2.05) is 49.3 Å². The molecule has 2 rings (SSSR count). The summed E-state index contributed by atoms with van der Waals surface area (Å²) in [5.74, 6) is -0.0607. The lowest BCUT2D eigenvalue weighted by molar-refractivity contribution is -0.112. The second-order valence-electron chi connectivity index (χ2n) is 4.82. The molecule has 5 nitrogen and oxygen atoms in total. The Morgan fingerprint density at radius 3 is 2.50 bits per heavy atom. The van der Waals surface area contributed by atoms with Crippen LogP contribution < -0.4 is 10.2 Å². The molecule has 0 aliphatic heterocycles. The molecule has 5 heteroatoms. The molecule has 0 radical (unpaired) electrons. The Morgan fingerprint density at radius 1 is 1.23 bits per heavy atom. The standard InChI is InChI=1S/C17H16N4O/c1-21(2)15-8-6-13(7-9-15)11-14(12-18)17(22)20-16-5-3-4-10-19-16/h3-11H,1-2H3,(H,19,20,22)/b14-11+. The second kappa shape index (κ2) is 7.04. The number of benzene rings is 1. The van der Waals surface area contributed by atoms with Crippen LogP contribution in [0.3, 0.4) is 0 Å². The van der Waals surface area contributed by atoms with Crippen LogP contribution in [0.15, 0.2) is 54.2 Å². The molecule has 0 atom stereocenters. The molecule has 0 saturated carbocycles. The molecule has 2 aromatic rings. The lowest BCUT2D eigenvalue weighted by Crippen LogP contribution is -2.14. The number of rotatable bonds is 4. The van der Waals surface area contributed by atoms with Gasteiger partial charge in [-0.15, -0.1) is 0 Å². The number of carbonyl (C=O) groups excluding carboxylic acids is 1. The number of nitrogens with zero attached hydrogens (tertiary/aromatic N) is 3. The first-order valence-corrected chi connectivity index (χ1v) is 6.71. The molecule has 0 spiro atoms. The fraction of sp³-hybridized carbons (Fsp3) is 0.118. The Hall–Kier alpha value is -3.13. The lowest BCUT2D eigenvalue weighted by Gasteiger charge is -2.11. The van der Waals surface area contributed by atoms with Gasteiger partial charge >= 0.3 is 0 Å². The Kier molecular flexibility index (Phi) is 4.89. The van der Waals surface area contributed by atoms with E-state index in [9.17, 15) is 10.1 Å². The molecule has 1 N–H and O–H groups in total. The van der Waals surface area contributed by atoms with Crippen molar-refractivity contribution in [3.05, 3.63) is 59.8 Å². The maximum atomic E-state index is 12.1. The summed E-state index contributed by atoms with van der Waals surface area (Å²) in [6.07, 6.45) is 3.13. The number of pyridine rings is 1. The van der Waals surface area contributed by atoms with E-state index in [1.165, 1.54) is 0 Å². The van der Waals surface area contributed by atoms with Gasteiger partial charge in [-0.2, -0.15) is 5.26 Å². The first kappa shape index (κ1) is 15.3. The Morgan fingerprint density at radius 2 is 1.95 bits per heavy atom. The van der Waals surface area contributed by atoms with Crippen LogP contribution in [0, 0.1) is 11.3 Å². The molecule has 0 aliphatic rings. The topological polar surface area (TPSA) is 69.0 Å². The number of amides is 1. The summed E-state index contributed by atoms with van der Waals surface area (Å²) in [6.45, 7) is 0. The van der Waals surface area contributed by atoms with E-state index >= 15 is 0 Å². The summed E-state index contributed by atoms with van der Waals surface area (Å²) >= 11 is 0. The molecular formula is C17H16N4O. The van der Waals surface area contributed by atoms with Gasteiger partial charge in [-0.3, -0.25) is 4.79 Å². The molecule has 1 heterocycles. The average molecular weight is 292 g/mol. The molecule has 0 bridgehead atoms. The Labute approximate surface area is 129 Å². The first-order chi connectivity index (χ1) is 10.6. The van der Waals surface area contributed by atoms with Crippen LogP contribution in [0.1, 0.15) is 5.56 Å². The molecule has 1 aromatic carbocycles. The Bertz CT molecular complexity index is 713. The maximum Gasteiger partial charge on any atom is 0.267 e. The van der Waals surface area contributed by atoms with Crippen LogP contribution in [-0.4, -0.2) is 25.0 Å². The van der Waals surface area contributed by atoms with Crippen molar-refractivity contribution in [3.63, 3.8) is 0 Å². The number of hydrogen-bond donors (Lipinski definition) is 1. The van der Waals surface area contributed by atoms with E-state index in [0.717, 1.165) is 11.3 Å². The number of aromatic nitrogens is 1. The van der Waals surface area contributed by atoms with Gasteiger partial charge in [0, 0.05) is 26.0 Å². The monoisotopic (exact) mass is 292 g/mol. The largest absolute Gasteiger partial charge is 0.378 e. The minimum absolute atomic E-state index is 0.0308. The Balaban J connectivity index is 2.16. The van der Waals surface area contributed by atoms with Crippen LogP contribution in [0.25, 0.3) is 6.08 Å². The molecule has 22 heavy (non-hydrogen) atoms. The highest BCUT2D eigenvalue weighted by molar-refractivity contribution is 6.09. The number of anilines is 2. The molecular weight excluding hydrogens is 276 g/mol. The molecule has 0 unspecified atom stereocenters. The number of hydrogen-bond acceptors (Lipinski definition) is 4. The van der Waals surface area contributed by atoms with Crippen molar-refractivity contribution in [3.8, 4) is 6.07 Å². The minimum Gasteiger partial charge on any atom is -0.378 e. The van der Waals surface area contributed by atoms with Gasteiger partial charge in [-0.1, -0.05) is 18.2 Å². The summed E-state index contributed by atoms with van der Waals surface area (Å²) in [7, 11) is 3.90. The zero-order chi connectivity index (χ0) is 15.9. The summed E-state index contributed by atoms with van der Waals surface area (Å²) in [5.41, 5.74) is 1.87. The van der Waals surface area contributed by atoms with Crippen LogP contribution in [0.2, 0.25) is 0 Å². The first-order valence-electron chi connectivity index (χ1n) is 6.71. The van der Waals surface area contributed by atoms with Gasteiger partial charge in [0.15, 0.2) is 0 Å². The van der Waals surface area contributed by atoms with E-state index in [1.54, 1.807) is 30.5 Å². The van der Waals surface area contributed by atoms with Gasteiger partial charge in [0.25, 0.3) is 5.91 Å². The van der Waals surface area contributed by atoms with Gasteiger partial charge in [0.1, 0.15) is 17.5 Å². The molecule has 0 fully saturated rings. The van der Waals surface area contributed by atoms with Gasteiger partial charge in [0.2, 0.25) is 0 Å². The predicted octanol–water partition coefficient (Wildman–Crippen LogP) is 2.69. The lowest BCUT2D eigenvalue weighted by atomic mass is 10.1. The summed E-state index contributed by atoms with van der Waals surface area (Å²) in [4.78, 5) is 18.1. The number of carbonyl (C=O) groups is 1. The molecule has 0 aliphatic carbocycles. The van der Waals surface area contributed by atoms with Gasteiger partial charge in [-0.05, 0) is 35.9 Å². The van der Waals surface area contributed by atoms with Crippen molar-refractivity contribution in [1.29, 1.82) is 5.26 Å². The van der Waals surface area contributed by atoms with Crippen molar-refractivity contribution in [2.45, 2.75) is 0 Å². The smallest absolute Gasteiger partial charge is 0.267 e. The van der Waals surface area contributed by atoms with Crippen molar-refractivity contribution in [2.24, 2.45) is 0 Å². The molecule has 0 saturated heterocycles. The fourth-order valence-corrected chi connectivity index (χ4v) is 1.80.